The molecule has 0 aliphatic carbocycles. The third kappa shape index (κ3) is 6.56. The number of aromatic nitrogens is 2. The number of nitrogen functional groups attached to an aromatic ring is 1. The molecular weight excluding hydrogens is 561 g/mol. The van der Waals surface area contributed by atoms with Crippen molar-refractivity contribution < 1.29 is 17.6 Å². The molecule has 2 unspecified atom stereocenters. The van der Waals surface area contributed by atoms with Crippen molar-refractivity contribution in [3.8, 4) is 11.8 Å². The van der Waals surface area contributed by atoms with Crippen LogP contribution in [0.2, 0.25) is 0 Å². The van der Waals surface area contributed by atoms with Gasteiger partial charge in [0.15, 0.2) is 9.84 Å². The molecule has 194 valence electrons. The lowest BCUT2D eigenvalue weighted by molar-refractivity contribution is -0.126. The Morgan fingerprint density at radius 2 is 2.05 bits per heavy atom. The summed E-state index contributed by atoms with van der Waals surface area (Å²) in [5, 5.41) is 17.0. The van der Waals surface area contributed by atoms with Gasteiger partial charge < -0.3 is 11.1 Å². The van der Waals surface area contributed by atoms with E-state index in [0.717, 1.165) is 10.0 Å². The number of benzene rings is 2. The second-order valence-electron chi connectivity index (χ2n) is 9.21. The van der Waals surface area contributed by atoms with Crippen LogP contribution < -0.4 is 11.1 Å². The van der Waals surface area contributed by atoms with Gasteiger partial charge in [-0.25, -0.2) is 17.5 Å². The molecule has 1 aliphatic rings. The lowest BCUT2D eigenvalue weighted by Crippen LogP contribution is -2.37. The number of carbonyl (C=O) groups excluding carboxylic acids is 1. The molecule has 0 saturated carbocycles. The summed E-state index contributed by atoms with van der Waals surface area (Å²) in [6.45, 7) is 0.335. The SMILES string of the molecule is N#Cc1c(CCCNC(=O)C(Cc2cccc(Br)c2)C2CCS(=O)(=O)C2)nn(-c2ccc(F)cc2)c1N. The Kier molecular flexibility index (Phi) is 8.29. The highest BCUT2D eigenvalue weighted by Gasteiger charge is 2.37. The lowest BCUT2D eigenvalue weighted by atomic mass is 9.85. The number of halogens is 2. The lowest BCUT2D eigenvalue weighted by Gasteiger charge is -2.22. The normalized spacial score (nSPS) is 17.3. The van der Waals surface area contributed by atoms with Crippen molar-refractivity contribution in [1.82, 2.24) is 15.1 Å². The van der Waals surface area contributed by atoms with Gasteiger partial charge in [-0.3, -0.25) is 4.79 Å². The van der Waals surface area contributed by atoms with Gasteiger partial charge in [0.05, 0.1) is 22.9 Å². The van der Waals surface area contributed by atoms with Crippen molar-refractivity contribution >= 4 is 37.5 Å². The monoisotopic (exact) mass is 587 g/mol. The fraction of sp³-hybridized carbons (Fsp3) is 0.346. The number of nitrogens with one attached hydrogen (secondary N) is 1. The van der Waals surface area contributed by atoms with Gasteiger partial charge in [-0.05, 0) is 73.6 Å². The number of nitriles is 1. The summed E-state index contributed by atoms with van der Waals surface area (Å²) in [4.78, 5) is 13.2. The quantitative estimate of drug-likeness (QED) is 0.368. The maximum Gasteiger partial charge on any atom is 0.223 e. The maximum atomic E-state index is 13.3. The zero-order valence-corrected chi connectivity index (χ0v) is 22.4. The number of aryl methyl sites for hydroxylation is 1. The van der Waals surface area contributed by atoms with E-state index in [1.807, 2.05) is 24.3 Å². The van der Waals surface area contributed by atoms with Crippen molar-refractivity contribution in [2.24, 2.45) is 11.8 Å². The molecule has 1 amide bonds. The average molecular weight is 589 g/mol. The molecule has 1 aliphatic heterocycles. The Morgan fingerprint density at radius 1 is 1.30 bits per heavy atom. The smallest absolute Gasteiger partial charge is 0.223 e. The van der Waals surface area contributed by atoms with Crippen molar-refractivity contribution in [3.63, 3.8) is 0 Å². The molecule has 2 atom stereocenters. The van der Waals surface area contributed by atoms with E-state index in [-0.39, 0.29) is 40.5 Å². The summed E-state index contributed by atoms with van der Waals surface area (Å²) in [5.74, 6) is -0.974. The van der Waals surface area contributed by atoms with Crippen LogP contribution >= 0.6 is 15.9 Å². The summed E-state index contributed by atoms with van der Waals surface area (Å²) in [6, 6.07) is 15.4. The van der Waals surface area contributed by atoms with Crippen LogP contribution in [0.5, 0.6) is 0 Å². The van der Waals surface area contributed by atoms with Crippen molar-refractivity contribution in [1.29, 1.82) is 5.26 Å². The fourth-order valence-corrected chi connectivity index (χ4v) is 7.01. The standard InChI is InChI=1S/C26H27BrFN5O3S/c27-19-4-1-3-17(13-19)14-22(18-10-12-37(35,36)16-18)26(34)31-11-2-5-24-23(15-29)25(30)33(32-24)21-8-6-20(28)7-9-21/h1,3-4,6-9,13,18,22H,2,5,10-12,14,16,30H2,(H,31,34). The van der Waals surface area contributed by atoms with E-state index < -0.39 is 15.8 Å². The van der Waals surface area contributed by atoms with Crippen molar-refractivity contribution in [2.75, 3.05) is 23.8 Å². The first-order valence-corrected chi connectivity index (χ1v) is 14.5. The highest BCUT2D eigenvalue weighted by atomic mass is 79.9. The second kappa shape index (κ2) is 11.4. The van der Waals surface area contributed by atoms with Crippen LogP contribution in [-0.4, -0.2) is 42.2 Å². The van der Waals surface area contributed by atoms with Gasteiger partial charge in [0.2, 0.25) is 5.91 Å². The molecule has 3 aromatic rings. The van der Waals surface area contributed by atoms with Gasteiger partial charge >= 0.3 is 0 Å². The van der Waals surface area contributed by atoms with E-state index in [1.54, 1.807) is 0 Å². The Morgan fingerprint density at radius 3 is 2.70 bits per heavy atom. The molecule has 8 nitrogen and oxygen atoms in total. The molecular formula is C26H27BrFN5O3S. The minimum Gasteiger partial charge on any atom is -0.382 e. The molecule has 2 heterocycles. The van der Waals surface area contributed by atoms with E-state index in [2.05, 4.69) is 32.4 Å². The van der Waals surface area contributed by atoms with Gasteiger partial charge in [-0.15, -0.1) is 0 Å². The number of hydrogen-bond donors (Lipinski definition) is 2. The van der Waals surface area contributed by atoms with Gasteiger partial charge in [0.1, 0.15) is 23.3 Å². The van der Waals surface area contributed by atoms with Gasteiger partial charge in [0, 0.05) is 16.9 Å². The van der Waals surface area contributed by atoms with Gasteiger partial charge in [-0.2, -0.15) is 10.4 Å². The largest absolute Gasteiger partial charge is 0.382 e. The van der Waals surface area contributed by atoms with E-state index in [9.17, 15) is 22.9 Å². The molecule has 3 N–H and O–H groups in total. The number of nitrogens with zero attached hydrogens (tertiary/aromatic N) is 3. The zero-order chi connectivity index (χ0) is 26.6. The molecule has 0 radical (unpaired) electrons. The van der Waals surface area contributed by atoms with Crippen LogP contribution in [0.25, 0.3) is 5.69 Å². The molecule has 2 aromatic carbocycles. The summed E-state index contributed by atoms with van der Waals surface area (Å²) >= 11 is 3.45. The first-order chi connectivity index (χ1) is 17.7. The number of sulfone groups is 1. The number of hydrogen-bond acceptors (Lipinski definition) is 6. The second-order valence-corrected chi connectivity index (χ2v) is 12.3. The first-order valence-electron chi connectivity index (χ1n) is 11.9. The third-order valence-electron chi connectivity index (χ3n) is 6.58. The molecule has 1 fully saturated rings. The van der Waals surface area contributed by atoms with Crippen LogP contribution in [0.1, 0.15) is 29.7 Å². The molecule has 0 bridgehead atoms. The van der Waals surface area contributed by atoms with E-state index in [0.29, 0.717) is 43.6 Å². The summed E-state index contributed by atoms with van der Waals surface area (Å²) in [5.41, 5.74) is 8.35. The molecule has 0 spiro atoms. The predicted molar refractivity (Wildman–Crippen MR) is 142 cm³/mol. The number of rotatable bonds is 9. The number of amides is 1. The molecule has 1 saturated heterocycles. The Hall–Kier alpha value is -3.23. The van der Waals surface area contributed by atoms with Crippen LogP contribution in [-0.2, 0) is 27.5 Å². The van der Waals surface area contributed by atoms with Crippen LogP contribution in [0, 0.1) is 29.0 Å². The first kappa shape index (κ1) is 26.8. The van der Waals surface area contributed by atoms with Crippen molar-refractivity contribution in [2.45, 2.75) is 25.7 Å². The van der Waals surface area contributed by atoms with E-state index in [4.69, 9.17) is 5.73 Å². The number of carbonyl (C=O) groups is 1. The Bertz CT molecular complexity index is 1430. The van der Waals surface area contributed by atoms with E-state index >= 15 is 0 Å². The molecule has 37 heavy (non-hydrogen) atoms. The van der Waals surface area contributed by atoms with Crippen LogP contribution in [0.4, 0.5) is 10.2 Å². The minimum atomic E-state index is -3.13. The van der Waals surface area contributed by atoms with Crippen molar-refractivity contribution in [3.05, 3.63) is 75.6 Å². The molecule has 4 rings (SSSR count). The number of anilines is 1. The fourth-order valence-electron chi connectivity index (χ4n) is 4.69. The van der Waals surface area contributed by atoms with Gasteiger partial charge in [0.25, 0.3) is 0 Å². The van der Waals surface area contributed by atoms with Gasteiger partial charge in [-0.1, -0.05) is 28.1 Å². The minimum absolute atomic E-state index is 0.0186. The zero-order valence-electron chi connectivity index (χ0n) is 20.0. The summed E-state index contributed by atoms with van der Waals surface area (Å²) in [6.07, 6.45) is 1.82. The summed E-state index contributed by atoms with van der Waals surface area (Å²) < 4.78 is 39.8. The Balaban J connectivity index is 1.41. The highest BCUT2D eigenvalue weighted by Crippen LogP contribution is 2.30. The van der Waals surface area contributed by atoms with E-state index in [1.165, 1.54) is 28.9 Å². The third-order valence-corrected chi connectivity index (χ3v) is 8.87. The van der Waals surface area contributed by atoms with Crippen LogP contribution in [0.3, 0.4) is 0 Å². The summed E-state index contributed by atoms with van der Waals surface area (Å²) in [7, 11) is -3.13. The highest BCUT2D eigenvalue weighted by molar-refractivity contribution is 9.10. The van der Waals surface area contributed by atoms with Crippen LogP contribution in [0.15, 0.2) is 53.0 Å². The molecule has 11 heteroatoms. The maximum absolute atomic E-state index is 13.3. The number of nitrogens with two attached hydrogens (primary N) is 1. The Labute approximate surface area is 223 Å². The molecule has 1 aromatic heterocycles. The predicted octanol–water partition coefficient (Wildman–Crippen LogP) is 3.57. The average Bonchev–Trinajstić information content (AvgIpc) is 3.38. The topological polar surface area (TPSA) is 131 Å².